The zero-order valence-corrected chi connectivity index (χ0v) is 17.8. The van der Waals surface area contributed by atoms with Gasteiger partial charge in [0.15, 0.2) is 4.90 Å². The van der Waals surface area contributed by atoms with E-state index in [9.17, 15) is 26.9 Å². The summed E-state index contributed by atoms with van der Waals surface area (Å²) in [6, 6.07) is 19.4. The fourth-order valence-corrected chi connectivity index (χ4v) is 5.07. The maximum atomic E-state index is 12.5. The van der Waals surface area contributed by atoms with Gasteiger partial charge in [-0.3, -0.25) is 14.8 Å². The molecule has 3 rings (SSSR count). The highest BCUT2D eigenvalue weighted by Crippen LogP contribution is 2.25. The number of anilines is 1. The van der Waals surface area contributed by atoms with Gasteiger partial charge in [-0.15, -0.1) is 0 Å². The molecule has 0 amide bonds. The largest absolute Gasteiger partial charge is 0.289 e. The van der Waals surface area contributed by atoms with Crippen molar-refractivity contribution >= 4 is 31.4 Å². The number of rotatable bonds is 9. The molecule has 0 saturated heterocycles. The third-order valence-electron chi connectivity index (χ3n) is 4.32. The molecule has 0 heterocycles. The first kappa shape index (κ1) is 22.4. The number of nitro groups is 1. The molecule has 0 aromatic heterocycles. The summed E-state index contributed by atoms with van der Waals surface area (Å²) in [5, 5.41) is 11.1. The number of hydrogen-bond donors (Lipinski definition) is 2. The smallest absolute Gasteiger partial charge is 0.279 e. The minimum absolute atomic E-state index is 0.0331. The molecule has 31 heavy (non-hydrogen) atoms. The minimum Gasteiger partial charge on any atom is -0.279 e. The molecule has 9 nitrogen and oxygen atoms in total. The molecule has 0 fully saturated rings. The van der Waals surface area contributed by atoms with Crippen LogP contribution in [0.5, 0.6) is 0 Å². The van der Waals surface area contributed by atoms with E-state index in [4.69, 9.17) is 0 Å². The van der Waals surface area contributed by atoms with Crippen LogP contribution in [0.4, 0.5) is 11.4 Å². The molecule has 0 saturated carbocycles. The molecule has 0 unspecified atom stereocenters. The van der Waals surface area contributed by atoms with Crippen molar-refractivity contribution in [2.24, 2.45) is 0 Å². The lowest BCUT2D eigenvalue weighted by molar-refractivity contribution is -0.387. The molecule has 2 N–H and O–H groups in total. The van der Waals surface area contributed by atoms with Gasteiger partial charge in [0, 0.05) is 18.3 Å². The number of nitro benzene ring substituents is 1. The summed E-state index contributed by atoms with van der Waals surface area (Å²) in [4.78, 5) is 9.79. The Morgan fingerprint density at radius 1 is 0.774 bits per heavy atom. The standard InChI is InChI=1S/C20H19N3O6S2/c24-23(25)19-8-4-5-9-20(19)31(28,29)22-17-10-12-18(13-11-17)30(26,27)21-15-14-16-6-2-1-3-7-16/h1-13,21-22H,14-15H2. The molecule has 0 aliphatic heterocycles. The van der Waals surface area contributed by atoms with Gasteiger partial charge in [0.1, 0.15) is 0 Å². The van der Waals surface area contributed by atoms with Crippen LogP contribution >= 0.6 is 0 Å². The van der Waals surface area contributed by atoms with Crippen LogP contribution in [-0.4, -0.2) is 28.3 Å². The monoisotopic (exact) mass is 461 g/mol. The normalized spacial score (nSPS) is 11.7. The predicted octanol–water partition coefficient (Wildman–Crippen LogP) is 2.92. The first-order valence-electron chi connectivity index (χ1n) is 9.09. The Morgan fingerprint density at radius 3 is 2.03 bits per heavy atom. The van der Waals surface area contributed by atoms with Crippen LogP contribution < -0.4 is 9.44 Å². The maximum absolute atomic E-state index is 12.5. The third kappa shape index (κ3) is 5.66. The van der Waals surface area contributed by atoms with Crippen molar-refractivity contribution < 1.29 is 21.8 Å². The lowest BCUT2D eigenvalue weighted by Crippen LogP contribution is -2.26. The van der Waals surface area contributed by atoms with Crippen molar-refractivity contribution in [1.29, 1.82) is 0 Å². The Labute approximate surface area is 180 Å². The molecule has 0 radical (unpaired) electrons. The summed E-state index contributed by atoms with van der Waals surface area (Å²) in [7, 11) is -8.02. The number of hydrogen-bond acceptors (Lipinski definition) is 6. The SMILES string of the molecule is O=[N+]([O-])c1ccccc1S(=O)(=O)Nc1ccc(S(=O)(=O)NCCc2ccccc2)cc1. The van der Waals surface area contributed by atoms with E-state index >= 15 is 0 Å². The van der Waals surface area contributed by atoms with Crippen molar-refractivity contribution in [3.63, 3.8) is 0 Å². The number of para-hydroxylation sites is 1. The van der Waals surface area contributed by atoms with Gasteiger partial charge in [0.2, 0.25) is 10.0 Å². The Kier molecular flexibility index (Phi) is 6.68. The van der Waals surface area contributed by atoms with E-state index < -0.39 is 35.6 Å². The molecular formula is C20H19N3O6S2. The maximum Gasteiger partial charge on any atom is 0.289 e. The van der Waals surface area contributed by atoms with Gasteiger partial charge >= 0.3 is 0 Å². The lowest BCUT2D eigenvalue weighted by atomic mass is 10.2. The molecule has 0 atom stereocenters. The van der Waals surface area contributed by atoms with E-state index in [-0.39, 0.29) is 17.1 Å². The molecule has 11 heteroatoms. The van der Waals surface area contributed by atoms with Crippen molar-refractivity contribution in [1.82, 2.24) is 4.72 Å². The predicted molar refractivity (Wildman–Crippen MR) is 116 cm³/mol. The van der Waals surface area contributed by atoms with E-state index in [1.165, 1.54) is 36.4 Å². The first-order chi connectivity index (χ1) is 14.7. The van der Waals surface area contributed by atoms with E-state index in [1.807, 2.05) is 30.3 Å². The number of benzene rings is 3. The van der Waals surface area contributed by atoms with Crippen LogP contribution in [0.3, 0.4) is 0 Å². The van der Waals surface area contributed by atoms with Crippen molar-refractivity contribution in [3.05, 3.63) is 94.5 Å². The van der Waals surface area contributed by atoms with E-state index in [0.717, 1.165) is 17.7 Å². The van der Waals surface area contributed by atoms with Crippen molar-refractivity contribution in [3.8, 4) is 0 Å². The fraction of sp³-hybridized carbons (Fsp3) is 0.100. The zero-order chi connectivity index (χ0) is 22.5. The Hall–Kier alpha value is -3.28. The quantitative estimate of drug-likeness (QED) is 0.371. The van der Waals surface area contributed by atoms with Crippen LogP contribution in [0, 0.1) is 10.1 Å². The molecule has 0 aliphatic rings. The van der Waals surface area contributed by atoms with Crippen molar-refractivity contribution in [2.75, 3.05) is 11.3 Å². The van der Waals surface area contributed by atoms with Crippen LogP contribution in [0.1, 0.15) is 5.56 Å². The second-order valence-corrected chi connectivity index (χ2v) is 9.91. The summed E-state index contributed by atoms with van der Waals surface area (Å²) in [5.41, 5.74) is 0.503. The first-order valence-corrected chi connectivity index (χ1v) is 12.1. The minimum atomic E-state index is -4.24. The molecule has 162 valence electrons. The molecule has 3 aromatic carbocycles. The van der Waals surface area contributed by atoms with Crippen LogP contribution in [0.15, 0.2) is 88.7 Å². The van der Waals surface area contributed by atoms with Gasteiger partial charge in [-0.1, -0.05) is 42.5 Å². The van der Waals surface area contributed by atoms with Gasteiger partial charge in [-0.05, 0) is 42.3 Å². The Balaban J connectivity index is 1.70. The summed E-state index contributed by atoms with van der Waals surface area (Å²) in [6.45, 7) is 0.207. The molecule has 3 aromatic rings. The molecular weight excluding hydrogens is 442 g/mol. The zero-order valence-electron chi connectivity index (χ0n) is 16.1. The van der Waals surface area contributed by atoms with E-state index in [1.54, 1.807) is 0 Å². The van der Waals surface area contributed by atoms with Gasteiger partial charge in [-0.2, -0.15) is 0 Å². The van der Waals surface area contributed by atoms with Gasteiger partial charge in [0.25, 0.3) is 15.7 Å². The molecule has 0 spiro atoms. The second-order valence-electron chi connectivity index (χ2n) is 6.49. The number of nitrogens with one attached hydrogen (secondary N) is 2. The third-order valence-corrected chi connectivity index (χ3v) is 7.22. The Bertz CT molecular complexity index is 1280. The van der Waals surface area contributed by atoms with Crippen LogP contribution in [0.2, 0.25) is 0 Å². The molecule has 0 aliphatic carbocycles. The highest BCUT2D eigenvalue weighted by atomic mass is 32.2. The summed E-state index contributed by atoms with van der Waals surface area (Å²) in [6.07, 6.45) is 0.522. The van der Waals surface area contributed by atoms with Crippen molar-refractivity contribution in [2.45, 2.75) is 16.2 Å². The number of sulfonamides is 2. The van der Waals surface area contributed by atoms with E-state index in [2.05, 4.69) is 9.44 Å². The average Bonchev–Trinajstić information content (AvgIpc) is 2.74. The van der Waals surface area contributed by atoms with Gasteiger partial charge in [-0.25, -0.2) is 21.6 Å². The van der Waals surface area contributed by atoms with E-state index in [0.29, 0.717) is 6.42 Å². The Morgan fingerprint density at radius 2 is 1.39 bits per heavy atom. The molecule has 0 bridgehead atoms. The van der Waals surface area contributed by atoms with Crippen LogP contribution in [-0.2, 0) is 26.5 Å². The summed E-state index contributed by atoms with van der Waals surface area (Å²) >= 11 is 0. The highest BCUT2D eigenvalue weighted by molar-refractivity contribution is 7.93. The topological polar surface area (TPSA) is 135 Å². The highest BCUT2D eigenvalue weighted by Gasteiger charge is 2.25. The number of nitrogens with zero attached hydrogens (tertiary/aromatic N) is 1. The second kappa shape index (κ2) is 9.25. The summed E-state index contributed by atoms with van der Waals surface area (Å²) < 4.78 is 54.7. The van der Waals surface area contributed by atoms with Gasteiger partial charge in [0.05, 0.1) is 9.82 Å². The van der Waals surface area contributed by atoms with Crippen LogP contribution in [0.25, 0.3) is 0 Å². The fourth-order valence-electron chi connectivity index (χ4n) is 2.81. The summed E-state index contributed by atoms with van der Waals surface area (Å²) in [5.74, 6) is 0. The van der Waals surface area contributed by atoms with Gasteiger partial charge < -0.3 is 0 Å². The lowest BCUT2D eigenvalue weighted by Gasteiger charge is -2.10. The average molecular weight is 462 g/mol.